The van der Waals surface area contributed by atoms with Crippen LogP contribution >= 0.6 is 12.4 Å². The van der Waals surface area contributed by atoms with Crippen LogP contribution in [0.15, 0.2) is 0 Å². The van der Waals surface area contributed by atoms with Crippen LogP contribution in [0.2, 0.25) is 0 Å². The van der Waals surface area contributed by atoms with Gasteiger partial charge >= 0.3 is 5.97 Å². The minimum absolute atomic E-state index is 0. The smallest absolute Gasteiger partial charge is 0.323 e. The molecule has 20 heavy (non-hydrogen) atoms. The van der Waals surface area contributed by atoms with E-state index in [1.807, 2.05) is 6.92 Å². The normalized spacial score (nSPS) is 31.8. The lowest BCUT2D eigenvalue weighted by molar-refractivity contribution is -0.158. The molecule has 1 aliphatic rings. The van der Waals surface area contributed by atoms with Crippen LogP contribution in [0.4, 0.5) is 0 Å². The second-order valence-electron chi connectivity index (χ2n) is 6.11. The highest BCUT2D eigenvalue weighted by molar-refractivity contribution is 5.85. The molecule has 0 spiro atoms. The van der Waals surface area contributed by atoms with Crippen molar-refractivity contribution in [2.24, 2.45) is 17.6 Å². The fourth-order valence-corrected chi connectivity index (χ4v) is 2.84. The van der Waals surface area contributed by atoms with Crippen LogP contribution in [0.5, 0.6) is 0 Å². The minimum Gasteiger partial charge on any atom is -0.459 e. The largest absolute Gasteiger partial charge is 0.459 e. The summed E-state index contributed by atoms with van der Waals surface area (Å²) in [5, 5.41) is 0. The van der Waals surface area contributed by atoms with Gasteiger partial charge in [-0.05, 0) is 38.0 Å². The van der Waals surface area contributed by atoms with Crippen molar-refractivity contribution in [1.82, 2.24) is 0 Å². The predicted molar refractivity (Wildman–Crippen MR) is 83.0 cm³/mol. The lowest BCUT2D eigenvalue weighted by Gasteiger charge is -2.30. The van der Waals surface area contributed by atoms with Crippen LogP contribution in [-0.4, -0.2) is 31.3 Å². The first-order valence-electron chi connectivity index (χ1n) is 7.44. The number of esters is 1. The van der Waals surface area contributed by atoms with Crippen LogP contribution in [0, 0.1) is 11.8 Å². The number of ether oxygens (including phenoxy) is 2. The number of hydrogen-bond acceptors (Lipinski definition) is 4. The lowest BCUT2D eigenvalue weighted by Crippen LogP contribution is -2.39. The maximum atomic E-state index is 11.8. The molecule has 0 bridgehead atoms. The minimum atomic E-state index is -0.483. The van der Waals surface area contributed by atoms with Gasteiger partial charge in [0.25, 0.3) is 0 Å². The summed E-state index contributed by atoms with van der Waals surface area (Å²) in [6.45, 7) is 6.37. The fraction of sp³-hybridized carbons (Fsp3) is 0.933. The Kier molecular flexibility index (Phi) is 9.43. The zero-order valence-electron chi connectivity index (χ0n) is 13.1. The van der Waals surface area contributed by atoms with E-state index in [-0.39, 0.29) is 30.6 Å². The van der Waals surface area contributed by atoms with Crippen molar-refractivity contribution in [1.29, 1.82) is 0 Å². The third-order valence-electron chi connectivity index (χ3n) is 4.01. The number of rotatable bonds is 4. The Hall–Kier alpha value is -0.320. The number of halogens is 1. The highest BCUT2D eigenvalue weighted by Gasteiger charge is 2.32. The van der Waals surface area contributed by atoms with E-state index in [0.29, 0.717) is 18.3 Å². The van der Waals surface area contributed by atoms with Crippen LogP contribution in [0.3, 0.4) is 0 Å². The molecule has 0 aromatic heterocycles. The van der Waals surface area contributed by atoms with E-state index in [1.165, 1.54) is 6.42 Å². The SMILES string of the molecule is CO[C@@H]1[C@@H](CCC(C)C)CCC[C@H](N)C(=O)O[C@H]1C.Cl. The Morgan fingerprint density at radius 3 is 2.60 bits per heavy atom. The van der Waals surface area contributed by atoms with Crippen molar-refractivity contribution >= 4 is 18.4 Å². The Labute approximate surface area is 129 Å². The molecular weight excluding hydrogens is 278 g/mol. The first kappa shape index (κ1) is 19.7. The lowest BCUT2D eigenvalue weighted by atomic mass is 9.86. The second-order valence-corrected chi connectivity index (χ2v) is 6.11. The van der Waals surface area contributed by atoms with Gasteiger partial charge in [0.05, 0.1) is 6.10 Å². The summed E-state index contributed by atoms with van der Waals surface area (Å²) in [7, 11) is 1.70. The monoisotopic (exact) mass is 307 g/mol. The molecule has 5 heteroatoms. The van der Waals surface area contributed by atoms with Crippen LogP contribution in [-0.2, 0) is 14.3 Å². The predicted octanol–water partition coefficient (Wildman–Crippen LogP) is 2.92. The molecular formula is C15H30ClNO3. The highest BCUT2D eigenvalue weighted by atomic mass is 35.5. The van der Waals surface area contributed by atoms with E-state index in [4.69, 9.17) is 15.2 Å². The van der Waals surface area contributed by atoms with Crippen molar-refractivity contribution in [2.75, 3.05) is 7.11 Å². The third-order valence-corrected chi connectivity index (χ3v) is 4.01. The molecule has 120 valence electrons. The van der Waals surface area contributed by atoms with Crippen molar-refractivity contribution in [3.8, 4) is 0 Å². The van der Waals surface area contributed by atoms with Crippen molar-refractivity contribution in [2.45, 2.75) is 71.1 Å². The molecule has 0 aromatic carbocycles. The zero-order chi connectivity index (χ0) is 14.4. The quantitative estimate of drug-likeness (QED) is 0.811. The molecule has 1 heterocycles. The Balaban J connectivity index is 0.00000361. The first-order chi connectivity index (χ1) is 8.95. The summed E-state index contributed by atoms with van der Waals surface area (Å²) in [6, 6.07) is -0.483. The van der Waals surface area contributed by atoms with Gasteiger partial charge in [-0.15, -0.1) is 12.4 Å². The average molecular weight is 308 g/mol. The molecule has 0 aliphatic carbocycles. The molecule has 1 fully saturated rings. The van der Waals surface area contributed by atoms with E-state index in [9.17, 15) is 4.79 Å². The summed E-state index contributed by atoms with van der Waals surface area (Å²) in [6.07, 6.45) is 4.78. The van der Waals surface area contributed by atoms with E-state index in [2.05, 4.69) is 13.8 Å². The molecule has 0 amide bonds. The average Bonchev–Trinajstić information content (AvgIpc) is 2.38. The molecule has 1 saturated heterocycles. The number of methoxy groups -OCH3 is 1. The maximum absolute atomic E-state index is 11.8. The highest BCUT2D eigenvalue weighted by Crippen LogP contribution is 2.28. The maximum Gasteiger partial charge on any atom is 0.323 e. The third kappa shape index (κ3) is 5.98. The van der Waals surface area contributed by atoms with Crippen LogP contribution in [0.1, 0.15) is 52.9 Å². The fourth-order valence-electron chi connectivity index (χ4n) is 2.84. The topological polar surface area (TPSA) is 61.5 Å². The molecule has 1 rings (SSSR count). The summed E-state index contributed by atoms with van der Waals surface area (Å²) in [5.41, 5.74) is 5.82. The van der Waals surface area contributed by atoms with Gasteiger partial charge in [0.1, 0.15) is 12.1 Å². The van der Waals surface area contributed by atoms with E-state index >= 15 is 0 Å². The molecule has 1 aliphatic heterocycles. The van der Waals surface area contributed by atoms with Gasteiger partial charge in [0.15, 0.2) is 0 Å². The van der Waals surface area contributed by atoms with E-state index in [1.54, 1.807) is 7.11 Å². The second kappa shape index (κ2) is 9.59. The molecule has 4 atom stereocenters. The molecule has 2 N–H and O–H groups in total. The number of hydrogen-bond donors (Lipinski definition) is 1. The van der Waals surface area contributed by atoms with Gasteiger partial charge in [-0.1, -0.05) is 26.7 Å². The van der Waals surface area contributed by atoms with Gasteiger partial charge in [-0.25, -0.2) is 0 Å². The van der Waals surface area contributed by atoms with Gasteiger partial charge in [0.2, 0.25) is 0 Å². The molecule has 0 unspecified atom stereocenters. The van der Waals surface area contributed by atoms with Crippen molar-refractivity contribution < 1.29 is 14.3 Å². The molecule has 0 aromatic rings. The summed E-state index contributed by atoms with van der Waals surface area (Å²) >= 11 is 0. The summed E-state index contributed by atoms with van der Waals surface area (Å²) < 4.78 is 11.0. The Morgan fingerprint density at radius 2 is 2.05 bits per heavy atom. The standard InChI is InChI=1S/C15H29NO3.ClH/c1-10(2)8-9-12-6-5-7-13(16)15(17)19-11(3)14(12)18-4;/h10-14H,5-9,16H2,1-4H3;1H/t11-,12+,13-,14-;/m0./s1. The van der Waals surface area contributed by atoms with Crippen LogP contribution in [0.25, 0.3) is 0 Å². The Bertz CT molecular complexity index is 286. The molecule has 4 nitrogen and oxygen atoms in total. The molecule has 0 saturated carbocycles. The van der Waals surface area contributed by atoms with Crippen molar-refractivity contribution in [3.05, 3.63) is 0 Å². The van der Waals surface area contributed by atoms with Gasteiger partial charge < -0.3 is 15.2 Å². The summed E-state index contributed by atoms with van der Waals surface area (Å²) in [4.78, 5) is 11.8. The number of carbonyl (C=O) groups excluding carboxylic acids is 1. The number of carbonyl (C=O) groups is 1. The summed E-state index contributed by atoms with van der Waals surface area (Å²) in [5.74, 6) is 0.838. The van der Waals surface area contributed by atoms with E-state index < -0.39 is 6.04 Å². The van der Waals surface area contributed by atoms with Gasteiger partial charge in [-0.3, -0.25) is 4.79 Å². The van der Waals surface area contributed by atoms with Gasteiger partial charge in [0, 0.05) is 7.11 Å². The van der Waals surface area contributed by atoms with Crippen molar-refractivity contribution in [3.63, 3.8) is 0 Å². The zero-order valence-corrected chi connectivity index (χ0v) is 13.9. The Morgan fingerprint density at radius 1 is 1.40 bits per heavy atom. The number of nitrogens with two attached hydrogens (primary N) is 1. The van der Waals surface area contributed by atoms with E-state index in [0.717, 1.165) is 19.3 Å². The molecule has 0 radical (unpaired) electrons. The van der Waals surface area contributed by atoms with Gasteiger partial charge in [-0.2, -0.15) is 0 Å². The first-order valence-corrected chi connectivity index (χ1v) is 7.44. The number of cyclic esters (lactones) is 1. The van der Waals surface area contributed by atoms with Crippen LogP contribution < -0.4 is 5.73 Å².